The fourth-order valence-corrected chi connectivity index (χ4v) is 4.53. The molecule has 2 aromatic heterocycles. The van der Waals surface area contributed by atoms with Crippen LogP contribution in [0.5, 0.6) is 6.01 Å². The second-order valence-corrected chi connectivity index (χ2v) is 9.50. The van der Waals surface area contributed by atoms with E-state index < -0.39 is 11.2 Å². The van der Waals surface area contributed by atoms with Crippen LogP contribution in [0.25, 0.3) is 11.2 Å². The normalized spacial score (nSPS) is 17.9. The molecule has 0 saturated heterocycles. The van der Waals surface area contributed by atoms with Gasteiger partial charge in [-0.3, -0.25) is 23.3 Å². The molecule has 9 nitrogen and oxygen atoms in total. The Bertz CT molecular complexity index is 1360. The highest BCUT2D eigenvalue weighted by molar-refractivity contribution is 5.95. The number of ketones is 1. The molecule has 2 heterocycles. The molecule has 2 N–H and O–H groups in total. The van der Waals surface area contributed by atoms with Gasteiger partial charge in [-0.05, 0) is 26.7 Å². The molecule has 4 rings (SSSR count). The lowest BCUT2D eigenvalue weighted by Gasteiger charge is -2.28. The zero-order valence-electron chi connectivity index (χ0n) is 20.6. The van der Waals surface area contributed by atoms with Crippen molar-refractivity contribution in [3.05, 3.63) is 68.4 Å². The van der Waals surface area contributed by atoms with Crippen LogP contribution in [-0.4, -0.2) is 37.1 Å². The van der Waals surface area contributed by atoms with Crippen molar-refractivity contribution in [3.8, 4) is 6.01 Å². The Kier molecular flexibility index (Phi) is 7.35. The van der Waals surface area contributed by atoms with Crippen molar-refractivity contribution in [1.82, 2.24) is 18.7 Å². The average molecular weight is 480 g/mol. The molecule has 0 radical (unpaired) electrons. The van der Waals surface area contributed by atoms with E-state index in [0.717, 1.165) is 35.8 Å². The Labute approximate surface area is 203 Å². The largest absolute Gasteiger partial charge is 0.464 e. The van der Waals surface area contributed by atoms with Gasteiger partial charge in [0.15, 0.2) is 16.9 Å². The molecular formula is C26H33N5O4. The number of rotatable bonds is 8. The molecule has 1 fully saturated rings. The minimum Gasteiger partial charge on any atom is -0.464 e. The smallest absolute Gasteiger partial charge is 0.332 e. The number of carbonyl (C=O) groups is 1. The van der Waals surface area contributed by atoms with Gasteiger partial charge >= 0.3 is 5.69 Å². The highest BCUT2D eigenvalue weighted by Gasteiger charge is 2.25. The number of carbonyl (C=O) groups excluding carboxylic acids is 1. The number of imidazole rings is 1. The van der Waals surface area contributed by atoms with Gasteiger partial charge in [0.1, 0.15) is 0 Å². The van der Waals surface area contributed by atoms with Crippen molar-refractivity contribution in [3.63, 3.8) is 0 Å². The van der Waals surface area contributed by atoms with Crippen LogP contribution in [0.2, 0.25) is 0 Å². The SMILES string of the molecule is CC(C)=CCn1c(OC[C@@H]2CCCC[C@H]2N)nc2c1c(=O)n(CC(=O)c1ccccc1)c(=O)n2C. The maximum absolute atomic E-state index is 13.5. The van der Waals surface area contributed by atoms with Crippen LogP contribution in [0.15, 0.2) is 51.6 Å². The molecule has 1 aliphatic rings. The number of benzene rings is 1. The maximum atomic E-state index is 13.5. The predicted molar refractivity (Wildman–Crippen MR) is 135 cm³/mol. The third kappa shape index (κ3) is 5.14. The van der Waals surface area contributed by atoms with E-state index >= 15 is 0 Å². The molecule has 0 bridgehead atoms. The van der Waals surface area contributed by atoms with Crippen molar-refractivity contribution < 1.29 is 9.53 Å². The van der Waals surface area contributed by atoms with Crippen LogP contribution >= 0.6 is 0 Å². The number of aryl methyl sites for hydroxylation is 1. The van der Waals surface area contributed by atoms with Gasteiger partial charge in [0.2, 0.25) is 0 Å². The van der Waals surface area contributed by atoms with Gasteiger partial charge in [0, 0.05) is 31.1 Å². The van der Waals surface area contributed by atoms with Gasteiger partial charge in [-0.15, -0.1) is 0 Å². The number of allylic oxidation sites excluding steroid dienone is 2. The summed E-state index contributed by atoms with van der Waals surface area (Å²) < 4.78 is 10.1. The lowest BCUT2D eigenvalue weighted by molar-refractivity contribution is 0.0969. The van der Waals surface area contributed by atoms with Gasteiger partial charge in [-0.2, -0.15) is 4.98 Å². The van der Waals surface area contributed by atoms with Crippen LogP contribution in [0.3, 0.4) is 0 Å². The molecule has 1 saturated carbocycles. The molecule has 0 spiro atoms. The molecule has 0 aliphatic heterocycles. The maximum Gasteiger partial charge on any atom is 0.332 e. The second-order valence-electron chi connectivity index (χ2n) is 9.50. The Morgan fingerprint density at radius 1 is 1.14 bits per heavy atom. The van der Waals surface area contributed by atoms with Gasteiger partial charge < -0.3 is 10.5 Å². The van der Waals surface area contributed by atoms with Crippen molar-refractivity contribution in [2.75, 3.05) is 6.61 Å². The van der Waals surface area contributed by atoms with E-state index in [-0.39, 0.29) is 41.5 Å². The first-order valence-electron chi connectivity index (χ1n) is 12.1. The second kappa shape index (κ2) is 10.4. The van der Waals surface area contributed by atoms with Crippen molar-refractivity contribution >= 4 is 16.9 Å². The molecule has 186 valence electrons. The van der Waals surface area contributed by atoms with E-state index in [0.29, 0.717) is 18.7 Å². The highest BCUT2D eigenvalue weighted by atomic mass is 16.5. The van der Waals surface area contributed by atoms with E-state index in [1.807, 2.05) is 19.9 Å². The fraction of sp³-hybridized carbons (Fsp3) is 0.462. The van der Waals surface area contributed by atoms with Crippen LogP contribution in [0.4, 0.5) is 0 Å². The van der Waals surface area contributed by atoms with E-state index in [1.54, 1.807) is 41.9 Å². The first-order valence-corrected chi connectivity index (χ1v) is 12.1. The zero-order valence-corrected chi connectivity index (χ0v) is 20.6. The molecule has 9 heteroatoms. The minimum absolute atomic E-state index is 0.0740. The number of hydrogen-bond donors (Lipinski definition) is 1. The molecule has 1 aliphatic carbocycles. The van der Waals surface area contributed by atoms with Crippen LogP contribution in [0, 0.1) is 5.92 Å². The summed E-state index contributed by atoms with van der Waals surface area (Å²) in [6.07, 6.45) is 6.16. The Morgan fingerprint density at radius 2 is 1.86 bits per heavy atom. The predicted octanol–water partition coefficient (Wildman–Crippen LogP) is 2.64. The molecule has 1 aromatic carbocycles. The Balaban J connectivity index is 1.77. The summed E-state index contributed by atoms with van der Waals surface area (Å²) in [7, 11) is 1.55. The van der Waals surface area contributed by atoms with Crippen molar-refractivity contribution in [1.29, 1.82) is 0 Å². The number of nitrogens with zero attached hydrogens (tertiary/aromatic N) is 4. The summed E-state index contributed by atoms with van der Waals surface area (Å²) in [5, 5.41) is 0. The molecule has 2 atom stereocenters. The third-order valence-electron chi connectivity index (χ3n) is 6.67. The Morgan fingerprint density at radius 3 is 2.54 bits per heavy atom. The number of Topliss-reactive ketones (excluding diaryl/α,β-unsaturated/α-hetero) is 1. The van der Waals surface area contributed by atoms with E-state index in [9.17, 15) is 14.4 Å². The molecule has 35 heavy (non-hydrogen) atoms. The summed E-state index contributed by atoms with van der Waals surface area (Å²) in [5.74, 6) is -0.105. The summed E-state index contributed by atoms with van der Waals surface area (Å²) in [6.45, 7) is 4.33. The van der Waals surface area contributed by atoms with Crippen LogP contribution in [0.1, 0.15) is 49.9 Å². The first kappa shape index (κ1) is 24.7. The van der Waals surface area contributed by atoms with E-state index in [2.05, 4.69) is 4.98 Å². The minimum atomic E-state index is -0.598. The highest BCUT2D eigenvalue weighted by Crippen LogP contribution is 2.25. The Hall–Kier alpha value is -3.46. The number of nitrogens with two attached hydrogens (primary N) is 1. The third-order valence-corrected chi connectivity index (χ3v) is 6.67. The van der Waals surface area contributed by atoms with Crippen LogP contribution in [-0.2, 0) is 20.1 Å². The topological polar surface area (TPSA) is 114 Å². The summed E-state index contributed by atoms with van der Waals surface area (Å²) in [4.78, 5) is 43.9. The first-order chi connectivity index (χ1) is 16.8. The van der Waals surface area contributed by atoms with Crippen LogP contribution < -0.4 is 21.7 Å². The summed E-state index contributed by atoms with van der Waals surface area (Å²) in [6, 6.07) is 8.97. The van der Waals surface area contributed by atoms with Gasteiger partial charge in [-0.1, -0.05) is 54.8 Å². The number of hydrogen-bond acceptors (Lipinski definition) is 6. The number of ether oxygens (including phenoxy) is 1. The average Bonchev–Trinajstić information content (AvgIpc) is 3.22. The standard InChI is InChI=1S/C26H33N5O4/c1-17(2)13-14-30-22-23(28-25(30)35-16-19-11-7-8-12-20(19)27)29(3)26(34)31(24(22)33)15-21(32)18-9-5-4-6-10-18/h4-6,9-10,13,19-20H,7-8,11-12,14-16,27H2,1-3H3/t19-,20+/m0/s1. The van der Waals surface area contributed by atoms with Gasteiger partial charge in [0.25, 0.3) is 11.6 Å². The molecular weight excluding hydrogens is 446 g/mol. The van der Waals surface area contributed by atoms with Gasteiger partial charge in [0.05, 0.1) is 13.2 Å². The van der Waals surface area contributed by atoms with Crippen molar-refractivity contribution in [2.24, 2.45) is 18.7 Å². The van der Waals surface area contributed by atoms with E-state index in [1.165, 1.54) is 4.57 Å². The lowest BCUT2D eigenvalue weighted by Crippen LogP contribution is -2.41. The number of aromatic nitrogens is 4. The number of fused-ring (bicyclic) bond motifs is 1. The summed E-state index contributed by atoms with van der Waals surface area (Å²) >= 11 is 0. The van der Waals surface area contributed by atoms with Crippen molar-refractivity contribution in [2.45, 2.75) is 58.7 Å². The van der Waals surface area contributed by atoms with Gasteiger partial charge in [-0.25, -0.2) is 4.79 Å². The molecule has 3 aromatic rings. The molecule has 0 unspecified atom stereocenters. The van der Waals surface area contributed by atoms with E-state index in [4.69, 9.17) is 10.5 Å². The zero-order chi connectivity index (χ0) is 25.1. The lowest BCUT2D eigenvalue weighted by atomic mass is 9.86. The molecule has 0 amide bonds. The quantitative estimate of drug-likeness (QED) is 0.392. The summed E-state index contributed by atoms with van der Waals surface area (Å²) in [5.41, 5.74) is 7.09. The fourth-order valence-electron chi connectivity index (χ4n) is 4.53. The monoisotopic (exact) mass is 479 g/mol.